The Hall–Kier alpha value is -3.54. The summed E-state index contributed by atoms with van der Waals surface area (Å²) in [5.41, 5.74) is 6.18. The molecule has 31 heavy (non-hydrogen) atoms. The lowest BCUT2D eigenvalue weighted by atomic mass is 10.1. The Balaban J connectivity index is 1.54. The second-order valence-corrected chi connectivity index (χ2v) is 7.73. The van der Waals surface area contributed by atoms with Crippen LogP contribution in [0.1, 0.15) is 22.4 Å². The van der Waals surface area contributed by atoms with Crippen LogP contribution in [0, 0.1) is 25.5 Å². The van der Waals surface area contributed by atoms with E-state index in [9.17, 15) is 13.6 Å². The number of fused-ring (bicyclic) bond motifs is 1. The Morgan fingerprint density at radius 3 is 2.45 bits per heavy atom. The number of nitrogens with zero attached hydrogens (tertiary/aromatic N) is 2. The Kier molecular flexibility index (Phi) is 5.80. The van der Waals surface area contributed by atoms with Crippen molar-refractivity contribution in [3.05, 3.63) is 94.8 Å². The van der Waals surface area contributed by atoms with Crippen molar-refractivity contribution < 1.29 is 13.6 Å². The number of hydrogen-bond donors (Lipinski definition) is 1. The second kappa shape index (κ2) is 8.68. The number of benzene rings is 2. The highest BCUT2D eigenvalue weighted by Crippen LogP contribution is 2.26. The van der Waals surface area contributed by atoms with Crippen molar-refractivity contribution in [2.75, 3.05) is 6.54 Å². The van der Waals surface area contributed by atoms with Crippen LogP contribution in [0.2, 0.25) is 0 Å². The normalized spacial score (nSPS) is 11.1. The fourth-order valence-corrected chi connectivity index (χ4v) is 3.57. The molecule has 0 atom stereocenters. The average Bonchev–Trinajstić information content (AvgIpc) is 3.08. The fraction of sp³-hybridized carbons (Fsp3) is 0.200. The minimum Gasteiger partial charge on any atom is -0.355 e. The molecule has 0 bridgehead atoms. The molecule has 0 aliphatic rings. The molecule has 158 valence electrons. The number of imidazole rings is 1. The molecule has 2 aromatic carbocycles. The molecule has 1 amide bonds. The first-order valence-corrected chi connectivity index (χ1v) is 10.2. The highest BCUT2D eigenvalue weighted by atomic mass is 19.2. The molecule has 2 aromatic heterocycles. The molecule has 4 rings (SSSR count). The number of aromatic nitrogens is 2. The van der Waals surface area contributed by atoms with E-state index in [0.29, 0.717) is 18.5 Å². The molecule has 1 N–H and O–H groups in total. The number of aryl methyl sites for hydroxylation is 2. The van der Waals surface area contributed by atoms with Gasteiger partial charge in [-0.2, -0.15) is 0 Å². The van der Waals surface area contributed by atoms with Crippen molar-refractivity contribution in [3.8, 4) is 11.3 Å². The number of nitrogens with one attached hydrogen (secondary N) is 1. The summed E-state index contributed by atoms with van der Waals surface area (Å²) in [6, 6.07) is 15.8. The first-order valence-electron chi connectivity index (χ1n) is 10.2. The van der Waals surface area contributed by atoms with E-state index in [4.69, 9.17) is 4.98 Å². The largest absolute Gasteiger partial charge is 0.355 e. The Morgan fingerprint density at radius 2 is 1.71 bits per heavy atom. The molecule has 0 unspecified atom stereocenters. The Labute approximate surface area is 179 Å². The topological polar surface area (TPSA) is 46.4 Å². The van der Waals surface area contributed by atoms with Crippen LogP contribution in [0.5, 0.6) is 0 Å². The lowest BCUT2D eigenvalue weighted by Crippen LogP contribution is -2.28. The third-order valence-corrected chi connectivity index (χ3v) is 5.24. The van der Waals surface area contributed by atoms with Crippen LogP contribution in [0.4, 0.5) is 8.78 Å². The summed E-state index contributed by atoms with van der Waals surface area (Å²) in [5, 5.41) is 2.87. The molecule has 2 heterocycles. The van der Waals surface area contributed by atoms with Crippen molar-refractivity contribution in [1.29, 1.82) is 0 Å². The van der Waals surface area contributed by atoms with Crippen molar-refractivity contribution in [3.63, 3.8) is 0 Å². The molecule has 0 spiro atoms. The van der Waals surface area contributed by atoms with E-state index < -0.39 is 11.6 Å². The van der Waals surface area contributed by atoms with Crippen molar-refractivity contribution in [2.24, 2.45) is 0 Å². The minimum atomic E-state index is -0.882. The van der Waals surface area contributed by atoms with Gasteiger partial charge in [-0.3, -0.25) is 4.79 Å². The third-order valence-electron chi connectivity index (χ3n) is 5.24. The standard InChI is InChI=1S/C25H23F2N3O/c1-16-3-7-19(8-4-16)25-22(30-15-17(2)5-10-23(30)29-25)14-24(31)28-12-11-18-6-9-20(26)21(27)13-18/h3-10,13,15H,11-12,14H2,1-2H3,(H,28,31). The van der Waals surface area contributed by atoms with Gasteiger partial charge in [0, 0.05) is 18.3 Å². The highest BCUT2D eigenvalue weighted by Gasteiger charge is 2.17. The number of carbonyl (C=O) groups excluding carboxylic acids is 1. The summed E-state index contributed by atoms with van der Waals surface area (Å²) in [5.74, 6) is -1.91. The number of rotatable bonds is 6. The van der Waals surface area contributed by atoms with Gasteiger partial charge < -0.3 is 9.72 Å². The number of pyridine rings is 1. The second-order valence-electron chi connectivity index (χ2n) is 7.73. The molecule has 4 nitrogen and oxygen atoms in total. The van der Waals surface area contributed by atoms with Gasteiger partial charge in [0.1, 0.15) is 5.65 Å². The van der Waals surface area contributed by atoms with Gasteiger partial charge in [-0.15, -0.1) is 0 Å². The minimum absolute atomic E-state index is 0.153. The van der Waals surface area contributed by atoms with Crippen molar-refractivity contribution in [1.82, 2.24) is 14.7 Å². The van der Waals surface area contributed by atoms with Gasteiger partial charge in [0.15, 0.2) is 11.6 Å². The summed E-state index contributed by atoms with van der Waals surface area (Å²) in [4.78, 5) is 17.5. The maximum Gasteiger partial charge on any atom is 0.226 e. The number of carbonyl (C=O) groups is 1. The monoisotopic (exact) mass is 419 g/mol. The lowest BCUT2D eigenvalue weighted by Gasteiger charge is -2.08. The maximum atomic E-state index is 13.4. The zero-order valence-corrected chi connectivity index (χ0v) is 17.5. The summed E-state index contributed by atoms with van der Waals surface area (Å²) in [6.07, 6.45) is 2.55. The summed E-state index contributed by atoms with van der Waals surface area (Å²) in [7, 11) is 0. The SMILES string of the molecule is Cc1ccc(-c2nc3ccc(C)cn3c2CC(=O)NCCc2ccc(F)c(F)c2)cc1. The first kappa shape index (κ1) is 20.7. The lowest BCUT2D eigenvalue weighted by molar-refractivity contribution is -0.120. The molecular weight excluding hydrogens is 396 g/mol. The zero-order chi connectivity index (χ0) is 22.0. The van der Waals surface area contributed by atoms with Gasteiger partial charge in [0.05, 0.1) is 17.8 Å². The molecule has 0 fully saturated rings. The molecule has 0 radical (unpaired) electrons. The fourth-order valence-electron chi connectivity index (χ4n) is 3.57. The van der Waals surface area contributed by atoms with E-state index in [0.717, 1.165) is 45.9 Å². The quantitative estimate of drug-likeness (QED) is 0.488. The van der Waals surface area contributed by atoms with Crippen LogP contribution in [-0.2, 0) is 17.6 Å². The van der Waals surface area contributed by atoms with Crippen molar-refractivity contribution >= 4 is 11.6 Å². The third kappa shape index (κ3) is 4.63. The molecule has 6 heteroatoms. The summed E-state index contributed by atoms with van der Waals surface area (Å²) in [6.45, 7) is 4.36. The van der Waals surface area contributed by atoms with E-state index in [1.165, 1.54) is 6.07 Å². The maximum absolute atomic E-state index is 13.4. The molecular formula is C25H23F2N3O. The van der Waals surface area contributed by atoms with E-state index >= 15 is 0 Å². The highest BCUT2D eigenvalue weighted by molar-refractivity contribution is 5.81. The molecule has 4 aromatic rings. The van der Waals surface area contributed by atoms with Gasteiger partial charge in [0.2, 0.25) is 5.91 Å². The van der Waals surface area contributed by atoms with Gasteiger partial charge in [-0.25, -0.2) is 13.8 Å². The predicted octanol–water partition coefficient (Wildman–Crippen LogP) is 4.80. The van der Waals surface area contributed by atoms with E-state index in [2.05, 4.69) is 5.32 Å². The van der Waals surface area contributed by atoms with Crippen LogP contribution in [0.3, 0.4) is 0 Å². The van der Waals surface area contributed by atoms with Crippen LogP contribution in [0.25, 0.3) is 16.9 Å². The number of hydrogen-bond acceptors (Lipinski definition) is 2. The molecule has 0 saturated carbocycles. The van der Waals surface area contributed by atoms with Gasteiger partial charge >= 0.3 is 0 Å². The van der Waals surface area contributed by atoms with Crippen LogP contribution in [0.15, 0.2) is 60.8 Å². The molecule has 0 aliphatic carbocycles. The summed E-state index contributed by atoms with van der Waals surface area (Å²) < 4.78 is 28.4. The zero-order valence-electron chi connectivity index (χ0n) is 17.5. The van der Waals surface area contributed by atoms with Gasteiger partial charge in [-0.1, -0.05) is 42.0 Å². The van der Waals surface area contributed by atoms with Crippen LogP contribution < -0.4 is 5.32 Å². The Morgan fingerprint density at radius 1 is 0.968 bits per heavy atom. The first-order chi connectivity index (χ1) is 14.9. The summed E-state index contributed by atoms with van der Waals surface area (Å²) >= 11 is 0. The van der Waals surface area contributed by atoms with Gasteiger partial charge in [0.25, 0.3) is 0 Å². The Bertz CT molecular complexity index is 1250. The van der Waals surface area contributed by atoms with Crippen LogP contribution >= 0.6 is 0 Å². The van der Waals surface area contributed by atoms with Crippen molar-refractivity contribution in [2.45, 2.75) is 26.7 Å². The average molecular weight is 419 g/mol. The van der Waals surface area contributed by atoms with E-state index in [-0.39, 0.29) is 12.3 Å². The number of halogens is 2. The molecule has 0 saturated heterocycles. The van der Waals surface area contributed by atoms with E-state index in [1.807, 2.05) is 60.8 Å². The number of amides is 1. The smallest absolute Gasteiger partial charge is 0.226 e. The van der Waals surface area contributed by atoms with Gasteiger partial charge in [-0.05, 0) is 49.6 Å². The molecule has 0 aliphatic heterocycles. The predicted molar refractivity (Wildman–Crippen MR) is 117 cm³/mol. The van der Waals surface area contributed by atoms with E-state index in [1.54, 1.807) is 0 Å². The van der Waals surface area contributed by atoms with Crippen LogP contribution in [-0.4, -0.2) is 21.8 Å².